The molecule has 0 saturated heterocycles. The third-order valence-electron chi connectivity index (χ3n) is 6.52. The van der Waals surface area contributed by atoms with Crippen molar-refractivity contribution in [2.45, 2.75) is 137 Å². The summed E-state index contributed by atoms with van der Waals surface area (Å²) in [5, 5.41) is 5.97. The van der Waals surface area contributed by atoms with Gasteiger partial charge in [0, 0.05) is 12.6 Å². The molecule has 1 aromatic rings. The summed E-state index contributed by atoms with van der Waals surface area (Å²) >= 11 is 0. The molecule has 0 bridgehead atoms. The van der Waals surface area contributed by atoms with E-state index in [1.54, 1.807) is 25.7 Å². The van der Waals surface area contributed by atoms with E-state index in [0.717, 1.165) is 44.1 Å². The van der Waals surface area contributed by atoms with E-state index >= 15 is 0 Å². The van der Waals surface area contributed by atoms with Crippen molar-refractivity contribution in [1.82, 2.24) is 15.5 Å². The minimum atomic E-state index is -0.799. The molecule has 0 saturated carbocycles. The molecule has 1 rings (SSSR count). The zero-order valence-electron chi connectivity index (χ0n) is 25.8. The molecule has 0 spiro atoms. The van der Waals surface area contributed by atoms with Gasteiger partial charge in [-0.05, 0) is 58.4 Å². The van der Waals surface area contributed by atoms with Gasteiger partial charge in [0.2, 0.25) is 11.8 Å². The summed E-state index contributed by atoms with van der Waals surface area (Å²) in [6.45, 7) is 16.1. The molecule has 0 aliphatic heterocycles. The Hall–Kier alpha value is -2.57. The Balaban J connectivity index is 3.39. The quantitative estimate of drug-likeness (QED) is 0.203. The standard InChI is InChI=1S/C32H55N3O4/c1-9-11-12-13-14-18-22-35(30(37)27(23-24(3)4)34-31(38)39-32(6,7)8)28(26-20-16-15-17-21-26)29(36)33-25(5)19-10-2/h15-17,20-21,24-25,27-28H,9-14,18-19,22-23H2,1-8H3,(H,33,36)(H,34,38). The summed E-state index contributed by atoms with van der Waals surface area (Å²) in [6.07, 6.45) is 8.02. The zero-order chi connectivity index (χ0) is 29.4. The molecule has 0 aromatic heterocycles. The highest BCUT2D eigenvalue weighted by Gasteiger charge is 2.36. The second kappa shape index (κ2) is 17.9. The smallest absolute Gasteiger partial charge is 0.408 e. The van der Waals surface area contributed by atoms with Gasteiger partial charge >= 0.3 is 6.09 Å². The third-order valence-corrected chi connectivity index (χ3v) is 6.52. The molecule has 0 fully saturated rings. The Kier molecular flexibility index (Phi) is 15.8. The van der Waals surface area contributed by atoms with E-state index in [0.29, 0.717) is 13.0 Å². The topological polar surface area (TPSA) is 87.7 Å². The third kappa shape index (κ3) is 13.9. The maximum absolute atomic E-state index is 14.3. The minimum absolute atomic E-state index is 0.00828. The molecule has 0 aliphatic rings. The highest BCUT2D eigenvalue weighted by atomic mass is 16.6. The molecular weight excluding hydrogens is 490 g/mol. The van der Waals surface area contributed by atoms with Gasteiger partial charge in [0.1, 0.15) is 17.7 Å². The molecule has 7 heteroatoms. The van der Waals surface area contributed by atoms with Crippen LogP contribution >= 0.6 is 0 Å². The largest absolute Gasteiger partial charge is 0.444 e. The van der Waals surface area contributed by atoms with Gasteiger partial charge in [-0.1, -0.05) is 96.6 Å². The van der Waals surface area contributed by atoms with Crippen LogP contribution in [0.1, 0.15) is 125 Å². The van der Waals surface area contributed by atoms with Crippen LogP contribution in [-0.2, 0) is 14.3 Å². The Bertz CT molecular complexity index is 851. The number of benzene rings is 1. The number of hydrogen-bond acceptors (Lipinski definition) is 4. The second-order valence-corrected chi connectivity index (χ2v) is 12.1. The SMILES string of the molecule is CCCCCCCCN(C(=O)C(CC(C)C)NC(=O)OC(C)(C)C)C(C(=O)NC(C)CCC)c1ccccc1. The van der Waals surface area contributed by atoms with Gasteiger partial charge in [-0.2, -0.15) is 0 Å². The van der Waals surface area contributed by atoms with E-state index in [-0.39, 0.29) is 23.8 Å². The van der Waals surface area contributed by atoms with Crippen molar-refractivity contribution in [2.75, 3.05) is 6.54 Å². The number of nitrogens with zero attached hydrogens (tertiary/aromatic N) is 1. The van der Waals surface area contributed by atoms with E-state index in [9.17, 15) is 14.4 Å². The molecule has 7 nitrogen and oxygen atoms in total. The molecule has 39 heavy (non-hydrogen) atoms. The molecule has 0 radical (unpaired) electrons. The zero-order valence-corrected chi connectivity index (χ0v) is 25.8. The highest BCUT2D eigenvalue weighted by Crippen LogP contribution is 2.25. The molecular formula is C32H55N3O4. The van der Waals surface area contributed by atoms with Crippen molar-refractivity contribution in [3.63, 3.8) is 0 Å². The van der Waals surface area contributed by atoms with Crippen LogP contribution in [0.25, 0.3) is 0 Å². The van der Waals surface area contributed by atoms with E-state index in [1.165, 1.54) is 12.8 Å². The van der Waals surface area contributed by atoms with Crippen LogP contribution in [0.5, 0.6) is 0 Å². The Morgan fingerprint density at radius 2 is 1.49 bits per heavy atom. The van der Waals surface area contributed by atoms with Crippen LogP contribution in [-0.4, -0.2) is 47.0 Å². The fourth-order valence-electron chi connectivity index (χ4n) is 4.71. The van der Waals surface area contributed by atoms with Crippen LogP contribution in [0.15, 0.2) is 30.3 Å². The minimum Gasteiger partial charge on any atom is -0.444 e. The van der Waals surface area contributed by atoms with Gasteiger partial charge in [0.15, 0.2) is 0 Å². The molecule has 2 N–H and O–H groups in total. The highest BCUT2D eigenvalue weighted by molar-refractivity contribution is 5.92. The monoisotopic (exact) mass is 545 g/mol. The number of rotatable bonds is 17. The second-order valence-electron chi connectivity index (χ2n) is 12.1. The maximum atomic E-state index is 14.3. The average Bonchev–Trinajstić information content (AvgIpc) is 2.83. The van der Waals surface area contributed by atoms with Crippen molar-refractivity contribution in [3.8, 4) is 0 Å². The van der Waals surface area contributed by atoms with Crippen LogP contribution in [0, 0.1) is 5.92 Å². The molecule has 222 valence electrons. The van der Waals surface area contributed by atoms with Gasteiger partial charge < -0.3 is 20.3 Å². The predicted octanol–water partition coefficient (Wildman–Crippen LogP) is 7.16. The number of ether oxygens (including phenoxy) is 1. The number of hydrogen-bond donors (Lipinski definition) is 2. The lowest BCUT2D eigenvalue weighted by Crippen LogP contribution is -2.54. The first-order chi connectivity index (χ1) is 18.4. The number of unbranched alkanes of at least 4 members (excludes halogenated alkanes) is 5. The van der Waals surface area contributed by atoms with Crippen LogP contribution in [0.2, 0.25) is 0 Å². The Morgan fingerprint density at radius 3 is 2.05 bits per heavy atom. The summed E-state index contributed by atoms with van der Waals surface area (Å²) < 4.78 is 5.49. The van der Waals surface area contributed by atoms with Crippen LogP contribution in [0.3, 0.4) is 0 Å². The molecule has 3 atom stereocenters. The molecule has 0 heterocycles. The first kappa shape index (κ1) is 34.5. The van der Waals surface area contributed by atoms with Crippen molar-refractivity contribution in [2.24, 2.45) is 5.92 Å². The average molecular weight is 546 g/mol. The lowest BCUT2D eigenvalue weighted by molar-refractivity contribution is -0.143. The number of amides is 3. The fraction of sp³-hybridized carbons (Fsp3) is 0.719. The molecule has 3 amide bonds. The maximum Gasteiger partial charge on any atom is 0.408 e. The van der Waals surface area contributed by atoms with E-state index < -0.39 is 23.8 Å². The van der Waals surface area contributed by atoms with Crippen LogP contribution < -0.4 is 10.6 Å². The Labute approximate surface area is 237 Å². The number of alkyl carbamates (subject to hydrolysis) is 1. The fourth-order valence-corrected chi connectivity index (χ4v) is 4.71. The van der Waals surface area contributed by atoms with E-state index in [4.69, 9.17) is 4.74 Å². The molecule has 0 aliphatic carbocycles. The molecule has 3 unspecified atom stereocenters. The predicted molar refractivity (Wildman–Crippen MR) is 159 cm³/mol. The summed E-state index contributed by atoms with van der Waals surface area (Å²) in [5.41, 5.74) is 0.0776. The number of carbonyl (C=O) groups excluding carboxylic acids is 3. The van der Waals surface area contributed by atoms with Gasteiger partial charge in [0.05, 0.1) is 0 Å². The van der Waals surface area contributed by atoms with Gasteiger partial charge in [-0.25, -0.2) is 4.79 Å². The first-order valence-corrected chi connectivity index (χ1v) is 15.0. The van der Waals surface area contributed by atoms with E-state index in [1.807, 2.05) is 51.1 Å². The van der Waals surface area contributed by atoms with Gasteiger partial charge in [-0.15, -0.1) is 0 Å². The van der Waals surface area contributed by atoms with Crippen molar-refractivity contribution >= 4 is 17.9 Å². The Morgan fingerprint density at radius 1 is 0.872 bits per heavy atom. The van der Waals surface area contributed by atoms with Crippen molar-refractivity contribution in [1.29, 1.82) is 0 Å². The van der Waals surface area contributed by atoms with Crippen LogP contribution in [0.4, 0.5) is 4.79 Å². The summed E-state index contributed by atoms with van der Waals surface area (Å²) in [5.74, 6) is -0.296. The number of nitrogens with one attached hydrogen (secondary N) is 2. The number of carbonyl (C=O) groups is 3. The van der Waals surface area contributed by atoms with Gasteiger partial charge in [-0.3, -0.25) is 9.59 Å². The summed E-state index contributed by atoms with van der Waals surface area (Å²) in [7, 11) is 0. The summed E-state index contributed by atoms with van der Waals surface area (Å²) in [4.78, 5) is 42.5. The van der Waals surface area contributed by atoms with Crippen molar-refractivity contribution in [3.05, 3.63) is 35.9 Å². The van der Waals surface area contributed by atoms with Crippen molar-refractivity contribution < 1.29 is 19.1 Å². The molecule has 1 aromatic carbocycles. The van der Waals surface area contributed by atoms with Gasteiger partial charge in [0.25, 0.3) is 0 Å². The lowest BCUT2D eigenvalue weighted by Gasteiger charge is -2.35. The lowest BCUT2D eigenvalue weighted by atomic mass is 9.98. The normalized spacial score (nSPS) is 13.9. The first-order valence-electron chi connectivity index (χ1n) is 15.0. The van der Waals surface area contributed by atoms with E-state index in [2.05, 4.69) is 24.5 Å². The summed E-state index contributed by atoms with van der Waals surface area (Å²) in [6, 6.07) is 7.89.